The lowest BCUT2D eigenvalue weighted by molar-refractivity contribution is 0.0600. The number of rotatable bonds is 6. The molecule has 0 aliphatic carbocycles. The number of esters is 1. The van der Waals surface area contributed by atoms with Crippen molar-refractivity contribution in [2.45, 2.75) is 19.4 Å². The molecule has 17 heavy (non-hydrogen) atoms. The van der Waals surface area contributed by atoms with Crippen LogP contribution in [0, 0.1) is 12.3 Å². The summed E-state index contributed by atoms with van der Waals surface area (Å²) >= 11 is 0. The maximum absolute atomic E-state index is 11.2. The van der Waals surface area contributed by atoms with Gasteiger partial charge < -0.3 is 10.1 Å². The molecule has 1 N–H and O–H groups in total. The van der Waals surface area contributed by atoms with E-state index in [0.29, 0.717) is 12.1 Å². The molecular weight excluding hydrogens is 216 g/mol. The summed E-state index contributed by atoms with van der Waals surface area (Å²) in [5.74, 6) is 2.22. The summed E-state index contributed by atoms with van der Waals surface area (Å²) in [6.45, 7) is 1.54. The quantitative estimate of drug-likeness (QED) is 0.457. The van der Waals surface area contributed by atoms with Crippen LogP contribution in [0.5, 0.6) is 0 Å². The van der Waals surface area contributed by atoms with Gasteiger partial charge in [-0.05, 0) is 25.1 Å². The van der Waals surface area contributed by atoms with Gasteiger partial charge in [0.2, 0.25) is 0 Å². The zero-order valence-electron chi connectivity index (χ0n) is 9.90. The Morgan fingerprint density at radius 2 is 2.41 bits per heavy atom. The number of unbranched alkanes of at least 4 members (excludes halogenated alkanes) is 1. The molecule has 1 rings (SSSR count). The minimum absolute atomic E-state index is 0.369. The molecule has 4 heteroatoms. The van der Waals surface area contributed by atoms with E-state index in [-0.39, 0.29) is 5.97 Å². The fourth-order valence-electron chi connectivity index (χ4n) is 1.30. The number of carbonyl (C=O) groups is 1. The van der Waals surface area contributed by atoms with E-state index >= 15 is 0 Å². The van der Waals surface area contributed by atoms with Crippen LogP contribution in [-0.4, -0.2) is 24.6 Å². The van der Waals surface area contributed by atoms with E-state index in [9.17, 15) is 4.79 Å². The van der Waals surface area contributed by atoms with Crippen molar-refractivity contribution < 1.29 is 9.53 Å². The smallest absolute Gasteiger partial charge is 0.339 e. The molecule has 0 saturated carbocycles. The third kappa shape index (κ3) is 4.66. The van der Waals surface area contributed by atoms with E-state index < -0.39 is 0 Å². The van der Waals surface area contributed by atoms with Crippen LogP contribution < -0.4 is 5.32 Å². The first-order valence-corrected chi connectivity index (χ1v) is 5.45. The van der Waals surface area contributed by atoms with Gasteiger partial charge in [0, 0.05) is 19.2 Å². The third-order valence-corrected chi connectivity index (χ3v) is 2.23. The Hall–Kier alpha value is -1.86. The summed E-state index contributed by atoms with van der Waals surface area (Å²) in [5, 5.41) is 3.22. The molecule has 90 valence electrons. The Bertz CT molecular complexity index is 393. The fraction of sp³-hybridized carbons (Fsp3) is 0.385. The van der Waals surface area contributed by atoms with Crippen molar-refractivity contribution in [1.29, 1.82) is 0 Å². The standard InChI is InChI=1S/C13H16N2O2/c1-3-4-5-8-14-10-12-7-6-11(9-15-12)13(16)17-2/h1,6-7,9,14H,4-5,8,10H2,2H3. The van der Waals surface area contributed by atoms with Crippen LogP contribution in [0.1, 0.15) is 28.9 Å². The van der Waals surface area contributed by atoms with E-state index in [1.54, 1.807) is 12.1 Å². The first-order valence-electron chi connectivity index (χ1n) is 5.45. The topological polar surface area (TPSA) is 51.2 Å². The number of methoxy groups -OCH3 is 1. The number of nitrogens with one attached hydrogen (secondary N) is 1. The Morgan fingerprint density at radius 1 is 1.59 bits per heavy atom. The lowest BCUT2D eigenvalue weighted by Gasteiger charge is -2.04. The fourth-order valence-corrected chi connectivity index (χ4v) is 1.30. The second kappa shape index (κ2) is 7.42. The van der Waals surface area contributed by atoms with Gasteiger partial charge in [-0.3, -0.25) is 4.98 Å². The molecule has 4 nitrogen and oxygen atoms in total. The molecule has 0 aliphatic heterocycles. The molecule has 0 spiro atoms. The molecule has 0 unspecified atom stereocenters. The number of hydrogen-bond acceptors (Lipinski definition) is 4. The predicted molar refractivity (Wildman–Crippen MR) is 65.4 cm³/mol. The molecular formula is C13H16N2O2. The summed E-state index contributed by atoms with van der Waals surface area (Å²) in [6, 6.07) is 3.51. The highest BCUT2D eigenvalue weighted by Crippen LogP contribution is 2.01. The van der Waals surface area contributed by atoms with Gasteiger partial charge in [-0.1, -0.05) is 0 Å². The maximum Gasteiger partial charge on any atom is 0.339 e. The monoisotopic (exact) mass is 232 g/mol. The van der Waals surface area contributed by atoms with Crippen LogP contribution in [0.2, 0.25) is 0 Å². The SMILES string of the molecule is C#CCCCNCc1ccc(C(=O)OC)cn1. The number of ether oxygens (including phenoxy) is 1. The molecule has 1 heterocycles. The molecule has 1 aromatic rings. The number of terminal acetylenes is 1. The lowest BCUT2D eigenvalue weighted by atomic mass is 10.2. The van der Waals surface area contributed by atoms with Gasteiger partial charge in [0.15, 0.2) is 0 Å². The van der Waals surface area contributed by atoms with Gasteiger partial charge in [0.25, 0.3) is 0 Å². The van der Waals surface area contributed by atoms with Gasteiger partial charge in [0.05, 0.1) is 18.4 Å². The van der Waals surface area contributed by atoms with Crippen molar-refractivity contribution in [1.82, 2.24) is 10.3 Å². The number of pyridine rings is 1. The van der Waals surface area contributed by atoms with Crippen LogP contribution in [0.3, 0.4) is 0 Å². The van der Waals surface area contributed by atoms with Crippen LogP contribution in [0.4, 0.5) is 0 Å². The first kappa shape index (κ1) is 13.2. The van der Waals surface area contributed by atoms with Crippen molar-refractivity contribution in [2.24, 2.45) is 0 Å². The Kier molecular flexibility index (Phi) is 5.76. The van der Waals surface area contributed by atoms with Crippen LogP contribution in [-0.2, 0) is 11.3 Å². The van der Waals surface area contributed by atoms with Gasteiger partial charge >= 0.3 is 5.97 Å². The second-order valence-corrected chi connectivity index (χ2v) is 3.51. The second-order valence-electron chi connectivity index (χ2n) is 3.51. The molecule has 0 aliphatic rings. The Morgan fingerprint density at radius 3 is 3.00 bits per heavy atom. The number of carbonyl (C=O) groups excluding carboxylic acids is 1. The molecule has 0 atom stereocenters. The molecule has 0 aromatic carbocycles. The maximum atomic E-state index is 11.2. The zero-order chi connectivity index (χ0) is 12.5. The van der Waals surface area contributed by atoms with Gasteiger partial charge in [-0.15, -0.1) is 12.3 Å². The van der Waals surface area contributed by atoms with E-state index in [1.165, 1.54) is 13.3 Å². The van der Waals surface area contributed by atoms with Crippen LogP contribution in [0.15, 0.2) is 18.3 Å². The Balaban J connectivity index is 2.36. The molecule has 0 bridgehead atoms. The van der Waals surface area contributed by atoms with Crippen molar-refractivity contribution >= 4 is 5.97 Å². The summed E-state index contributed by atoms with van der Waals surface area (Å²) in [7, 11) is 1.35. The summed E-state index contributed by atoms with van der Waals surface area (Å²) in [6.07, 6.45) is 8.40. The molecule has 0 saturated heterocycles. The molecule has 1 aromatic heterocycles. The van der Waals surface area contributed by atoms with E-state index in [0.717, 1.165) is 25.1 Å². The van der Waals surface area contributed by atoms with E-state index in [2.05, 4.69) is 21.0 Å². The first-order chi connectivity index (χ1) is 8.27. The van der Waals surface area contributed by atoms with Gasteiger partial charge in [0.1, 0.15) is 0 Å². The molecule has 0 fully saturated rings. The predicted octanol–water partition coefficient (Wildman–Crippen LogP) is 1.37. The Labute approximate surface area is 101 Å². The van der Waals surface area contributed by atoms with E-state index in [4.69, 9.17) is 6.42 Å². The number of aromatic nitrogens is 1. The highest BCUT2D eigenvalue weighted by Gasteiger charge is 2.04. The molecule has 0 radical (unpaired) electrons. The number of nitrogens with zero attached hydrogens (tertiary/aromatic N) is 1. The van der Waals surface area contributed by atoms with Gasteiger partial charge in [-0.25, -0.2) is 4.79 Å². The highest BCUT2D eigenvalue weighted by atomic mass is 16.5. The number of hydrogen-bond donors (Lipinski definition) is 1. The average molecular weight is 232 g/mol. The lowest BCUT2D eigenvalue weighted by Crippen LogP contribution is -2.15. The average Bonchev–Trinajstić information content (AvgIpc) is 2.38. The van der Waals surface area contributed by atoms with Crippen molar-refractivity contribution in [2.75, 3.05) is 13.7 Å². The van der Waals surface area contributed by atoms with Crippen LogP contribution >= 0.6 is 0 Å². The molecule has 0 amide bonds. The van der Waals surface area contributed by atoms with Crippen molar-refractivity contribution in [3.8, 4) is 12.3 Å². The highest BCUT2D eigenvalue weighted by molar-refractivity contribution is 5.88. The van der Waals surface area contributed by atoms with Crippen LogP contribution in [0.25, 0.3) is 0 Å². The minimum atomic E-state index is -0.369. The minimum Gasteiger partial charge on any atom is -0.465 e. The van der Waals surface area contributed by atoms with Gasteiger partial charge in [-0.2, -0.15) is 0 Å². The van der Waals surface area contributed by atoms with E-state index in [1.807, 2.05) is 0 Å². The third-order valence-electron chi connectivity index (χ3n) is 2.23. The van der Waals surface area contributed by atoms with Crippen molar-refractivity contribution in [3.05, 3.63) is 29.6 Å². The van der Waals surface area contributed by atoms with Crippen molar-refractivity contribution in [3.63, 3.8) is 0 Å². The normalized spacial score (nSPS) is 9.65. The summed E-state index contributed by atoms with van der Waals surface area (Å²) < 4.78 is 4.59. The zero-order valence-corrected chi connectivity index (χ0v) is 9.90. The summed E-state index contributed by atoms with van der Waals surface area (Å²) in [4.78, 5) is 15.3. The summed E-state index contributed by atoms with van der Waals surface area (Å²) in [5.41, 5.74) is 1.35. The largest absolute Gasteiger partial charge is 0.465 e.